The quantitative estimate of drug-likeness (QED) is 0.467. The Bertz CT molecular complexity index is 99.0. The SMILES string of the molecule is C=CCC(CBr)C(C)CCC. The predicted octanol–water partition coefficient (Wildman–Crippen LogP) is 4.01. The molecule has 11 heavy (non-hydrogen) atoms. The van der Waals surface area contributed by atoms with Gasteiger partial charge in [0.05, 0.1) is 0 Å². The van der Waals surface area contributed by atoms with Crippen molar-refractivity contribution in [1.82, 2.24) is 0 Å². The molecule has 0 rings (SSSR count). The highest BCUT2D eigenvalue weighted by Crippen LogP contribution is 2.22. The Balaban J connectivity index is 3.70. The first kappa shape index (κ1) is 11.2. The van der Waals surface area contributed by atoms with Crippen LogP contribution in [0.3, 0.4) is 0 Å². The Kier molecular flexibility index (Phi) is 7.04. The Hall–Kier alpha value is 0.220. The monoisotopic (exact) mass is 218 g/mol. The van der Waals surface area contributed by atoms with E-state index in [0.717, 1.165) is 23.6 Å². The zero-order chi connectivity index (χ0) is 8.69. The van der Waals surface area contributed by atoms with Crippen molar-refractivity contribution in [3.05, 3.63) is 12.7 Å². The highest BCUT2D eigenvalue weighted by atomic mass is 79.9. The van der Waals surface area contributed by atoms with Gasteiger partial charge in [-0.3, -0.25) is 0 Å². The zero-order valence-electron chi connectivity index (χ0n) is 7.65. The third kappa shape index (κ3) is 4.62. The van der Waals surface area contributed by atoms with Crippen LogP contribution in [-0.2, 0) is 0 Å². The van der Waals surface area contributed by atoms with Crippen LogP contribution in [0.5, 0.6) is 0 Å². The van der Waals surface area contributed by atoms with Crippen LogP contribution < -0.4 is 0 Å². The van der Waals surface area contributed by atoms with Gasteiger partial charge in [0.25, 0.3) is 0 Å². The molecule has 0 fully saturated rings. The molecule has 0 aliphatic carbocycles. The molecule has 0 radical (unpaired) electrons. The molecule has 0 saturated heterocycles. The Morgan fingerprint density at radius 3 is 2.55 bits per heavy atom. The van der Waals surface area contributed by atoms with Crippen LogP contribution in [0.15, 0.2) is 12.7 Å². The molecule has 0 bridgehead atoms. The van der Waals surface area contributed by atoms with E-state index in [0.29, 0.717) is 0 Å². The van der Waals surface area contributed by atoms with E-state index in [1.165, 1.54) is 12.8 Å². The molecule has 0 saturated carbocycles. The van der Waals surface area contributed by atoms with Gasteiger partial charge >= 0.3 is 0 Å². The van der Waals surface area contributed by atoms with Crippen molar-refractivity contribution in [2.24, 2.45) is 11.8 Å². The fraction of sp³-hybridized carbons (Fsp3) is 0.800. The standard InChI is InChI=1S/C10H19Br/c1-4-6-9(3)10(8-11)7-5-2/h5,9-10H,2,4,6-8H2,1,3H3. The number of allylic oxidation sites excluding steroid dienone is 1. The van der Waals surface area contributed by atoms with Crippen LogP contribution in [0.4, 0.5) is 0 Å². The summed E-state index contributed by atoms with van der Waals surface area (Å²) in [4.78, 5) is 0. The van der Waals surface area contributed by atoms with Crippen LogP contribution in [0, 0.1) is 11.8 Å². The molecule has 0 amide bonds. The van der Waals surface area contributed by atoms with Crippen LogP contribution >= 0.6 is 15.9 Å². The summed E-state index contributed by atoms with van der Waals surface area (Å²) in [5.74, 6) is 1.62. The van der Waals surface area contributed by atoms with Gasteiger partial charge < -0.3 is 0 Å². The molecular weight excluding hydrogens is 200 g/mol. The van der Waals surface area contributed by atoms with Gasteiger partial charge in [-0.25, -0.2) is 0 Å². The van der Waals surface area contributed by atoms with Crippen LogP contribution in [0.25, 0.3) is 0 Å². The number of rotatable bonds is 6. The Morgan fingerprint density at radius 1 is 1.55 bits per heavy atom. The van der Waals surface area contributed by atoms with E-state index in [2.05, 4.69) is 36.4 Å². The number of hydrogen-bond donors (Lipinski definition) is 0. The molecule has 0 aliphatic heterocycles. The fourth-order valence-corrected chi connectivity index (χ4v) is 2.25. The topological polar surface area (TPSA) is 0 Å². The van der Waals surface area contributed by atoms with Crippen molar-refractivity contribution >= 4 is 15.9 Å². The lowest BCUT2D eigenvalue weighted by Gasteiger charge is -2.19. The molecule has 66 valence electrons. The summed E-state index contributed by atoms with van der Waals surface area (Å²) in [6.45, 7) is 8.35. The molecule has 2 unspecified atom stereocenters. The smallest absolute Gasteiger partial charge is 0.00651 e. The number of halogens is 1. The summed E-state index contributed by atoms with van der Waals surface area (Å²) in [5.41, 5.74) is 0. The van der Waals surface area contributed by atoms with Gasteiger partial charge in [0.1, 0.15) is 0 Å². The molecule has 0 aromatic rings. The lowest BCUT2D eigenvalue weighted by Crippen LogP contribution is -2.12. The van der Waals surface area contributed by atoms with E-state index in [-0.39, 0.29) is 0 Å². The molecule has 0 nitrogen and oxygen atoms in total. The molecule has 0 aromatic carbocycles. The second kappa shape index (κ2) is 6.90. The highest BCUT2D eigenvalue weighted by molar-refractivity contribution is 9.09. The zero-order valence-corrected chi connectivity index (χ0v) is 9.23. The Morgan fingerprint density at radius 2 is 2.18 bits per heavy atom. The molecule has 0 spiro atoms. The third-order valence-electron chi connectivity index (χ3n) is 2.22. The van der Waals surface area contributed by atoms with Gasteiger partial charge in [-0.05, 0) is 18.3 Å². The fourth-order valence-electron chi connectivity index (χ4n) is 1.35. The lowest BCUT2D eigenvalue weighted by molar-refractivity contribution is 0.372. The van der Waals surface area contributed by atoms with Crippen LogP contribution in [0.2, 0.25) is 0 Å². The van der Waals surface area contributed by atoms with Crippen molar-refractivity contribution < 1.29 is 0 Å². The average molecular weight is 219 g/mol. The maximum absolute atomic E-state index is 3.77. The van der Waals surface area contributed by atoms with Gasteiger partial charge in [0.15, 0.2) is 0 Å². The normalized spacial score (nSPS) is 15.9. The largest absolute Gasteiger partial charge is 0.103 e. The van der Waals surface area contributed by atoms with Crippen molar-refractivity contribution in [2.45, 2.75) is 33.1 Å². The molecule has 1 heteroatoms. The second-order valence-electron chi connectivity index (χ2n) is 3.20. The van der Waals surface area contributed by atoms with Gasteiger partial charge in [-0.15, -0.1) is 6.58 Å². The third-order valence-corrected chi connectivity index (χ3v) is 3.05. The van der Waals surface area contributed by atoms with E-state index in [4.69, 9.17) is 0 Å². The second-order valence-corrected chi connectivity index (χ2v) is 3.85. The van der Waals surface area contributed by atoms with Gasteiger partial charge in [0.2, 0.25) is 0 Å². The Labute approximate surface area is 79.2 Å². The van der Waals surface area contributed by atoms with Crippen molar-refractivity contribution in [3.63, 3.8) is 0 Å². The van der Waals surface area contributed by atoms with E-state index in [9.17, 15) is 0 Å². The summed E-state index contributed by atoms with van der Waals surface area (Å²) in [7, 11) is 0. The summed E-state index contributed by atoms with van der Waals surface area (Å²) < 4.78 is 0. The minimum Gasteiger partial charge on any atom is -0.103 e. The summed E-state index contributed by atoms with van der Waals surface area (Å²) in [5, 5.41) is 1.11. The summed E-state index contributed by atoms with van der Waals surface area (Å²) in [6, 6.07) is 0. The molecule has 0 heterocycles. The summed E-state index contributed by atoms with van der Waals surface area (Å²) in [6.07, 6.45) is 5.80. The molecular formula is C10H19Br. The van der Waals surface area contributed by atoms with E-state index in [1.807, 2.05) is 6.08 Å². The minimum absolute atomic E-state index is 0.785. The number of alkyl halides is 1. The summed E-state index contributed by atoms with van der Waals surface area (Å²) >= 11 is 3.54. The van der Waals surface area contributed by atoms with Gasteiger partial charge in [-0.2, -0.15) is 0 Å². The van der Waals surface area contributed by atoms with Crippen LogP contribution in [0.1, 0.15) is 33.1 Å². The lowest BCUT2D eigenvalue weighted by atomic mass is 9.89. The van der Waals surface area contributed by atoms with E-state index < -0.39 is 0 Å². The first-order valence-electron chi connectivity index (χ1n) is 4.43. The molecule has 0 aliphatic rings. The first-order chi connectivity index (χ1) is 5.26. The molecule has 2 atom stereocenters. The van der Waals surface area contributed by atoms with Crippen LogP contribution in [-0.4, -0.2) is 5.33 Å². The van der Waals surface area contributed by atoms with Gasteiger partial charge in [0, 0.05) is 5.33 Å². The molecule has 0 aromatic heterocycles. The number of hydrogen-bond acceptors (Lipinski definition) is 0. The minimum atomic E-state index is 0.785. The van der Waals surface area contributed by atoms with Crippen molar-refractivity contribution in [1.29, 1.82) is 0 Å². The van der Waals surface area contributed by atoms with E-state index >= 15 is 0 Å². The van der Waals surface area contributed by atoms with E-state index in [1.54, 1.807) is 0 Å². The predicted molar refractivity (Wildman–Crippen MR) is 56.2 cm³/mol. The maximum atomic E-state index is 3.77. The average Bonchev–Trinajstić information content (AvgIpc) is 2.00. The maximum Gasteiger partial charge on any atom is 0.00651 e. The van der Waals surface area contributed by atoms with Gasteiger partial charge in [-0.1, -0.05) is 48.7 Å². The highest BCUT2D eigenvalue weighted by Gasteiger charge is 2.12. The van der Waals surface area contributed by atoms with Crippen molar-refractivity contribution in [3.8, 4) is 0 Å². The van der Waals surface area contributed by atoms with Crippen molar-refractivity contribution in [2.75, 3.05) is 5.33 Å². The first-order valence-corrected chi connectivity index (χ1v) is 5.55. The molecule has 0 N–H and O–H groups in total.